The van der Waals surface area contributed by atoms with Gasteiger partial charge in [0.1, 0.15) is 17.5 Å². The standard InChI is InChI=1S/C18H15ClFNO3.C14H13ClO5S.C3H8NO5P/c1-3-10(2)24-16-9-15(14(20)8-13(16)19)21-17(22)11-6-4-5-7-12(11)18(21)23;1-21(19,20)8-5-6-9(10(15)7-8)14(18)13-11(16)3-2-4-12(13)17;5-3(6)1-4-2-10(7,8)9/h1,8-10H,4-7H2,2H3;5-7,13H,2-4H2,1H3;4H,1-2H2,(H,5,6)(H2,7,8,9). The lowest BCUT2D eigenvalue weighted by Gasteiger charge is -2.19. The minimum Gasteiger partial charge on any atom is -0.480 e. The maximum Gasteiger partial charge on any atom is 0.339 e. The molecule has 1 saturated carbocycles. The summed E-state index contributed by atoms with van der Waals surface area (Å²) < 4.78 is 52.7. The summed E-state index contributed by atoms with van der Waals surface area (Å²) in [6.45, 7) is 1.19. The van der Waals surface area contributed by atoms with E-state index in [1.54, 1.807) is 6.92 Å². The molecule has 0 aromatic heterocycles. The SMILES string of the molecule is C#CC(C)Oc1cc(N2C(=O)C3=C(CCCC3)C2=O)c(F)cc1Cl.CS(=O)(=O)c1ccc(C(=O)C2C(=O)CCCC2=O)c(Cl)c1.O=C(O)CNCP(=O)(O)O. The molecule has 2 aromatic rings. The van der Waals surface area contributed by atoms with E-state index in [9.17, 15) is 46.1 Å². The molecule has 1 aliphatic heterocycles. The van der Waals surface area contributed by atoms with E-state index in [1.807, 2.05) is 0 Å². The van der Waals surface area contributed by atoms with Crippen molar-refractivity contribution < 1.29 is 65.8 Å². The van der Waals surface area contributed by atoms with E-state index in [0.29, 0.717) is 30.4 Å². The Morgan fingerprint density at radius 3 is 2.04 bits per heavy atom. The van der Waals surface area contributed by atoms with Crippen LogP contribution in [0.2, 0.25) is 10.0 Å². The molecule has 15 nitrogen and oxygen atoms in total. The number of benzene rings is 2. The normalized spacial score (nSPS) is 16.7. The van der Waals surface area contributed by atoms with Crippen LogP contribution in [0.1, 0.15) is 62.2 Å². The number of halogens is 3. The molecule has 296 valence electrons. The summed E-state index contributed by atoms with van der Waals surface area (Å²) in [5.74, 6) is -3.11. The van der Waals surface area contributed by atoms with Gasteiger partial charge in [0.2, 0.25) is 0 Å². The lowest BCUT2D eigenvalue weighted by atomic mass is 9.82. The summed E-state index contributed by atoms with van der Waals surface area (Å²) in [5, 5.41) is 10.0. The molecule has 5 rings (SSSR count). The third-order valence-electron chi connectivity index (χ3n) is 8.15. The summed E-state index contributed by atoms with van der Waals surface area (Å²) in [4.78, 5) is 88.0. The highest BCUT2D eigenvalue weighted by Gasteiger charge is 2.41. The molecule has 1 atom stereocenters. The van der Waals surface area contributed by atoms with Gasteiger partial charge in [0.05, 0.1) is 33.5 Å². The van der Waals surface area contributed by atoms with Crippen LogP contribution in [0.3, 0.4) is 0 Å². The number of nitrogens with one attached hydrogen (secondary N) is 1. The highest BCUT2D eigenvalue weighted by atomic mass is 35.5. The molecule has 1 heterocycles. The molecule has 20 heteroatoms. The van der Waals surface area contributed by atoms with Crippen LogP contribution in [-0.2, 0) is 38.4 Å². The molecular weight excluding hydrogens is 809 g/mol. The van der Waals surface area contributed by atoms with Gasteiger partial charge in [0, 0.05) is 41.9 Å². The zero-order chi connectivity index (χ0) is 41.4. The molecule has 0 saturated heterocycles. The summed E-state index contributed by atoms with van der Waals surface area (Å²) in [6.07, 6.45) is 8.75. The number of nitrogens with zero attached hydrogens (tertiary/aromatic N) is 1. The number of anilines is 1. The van der Waals surface area contributed by atoms with Crippen LogP contribution >= 0.6 is 30.8 Å². The maximum atomic E-state index is 14.4. The number of carbonyl (C=O) groups excluding carboxylic acids is 5. The second-order valence-corrected chi connectivity index (χ2v) is 16.9. The van der Waals surface area contributed by atoms with Crippen LogP contribution in [0.5, 0.6) is 5.75 Å². The third-order valence-corrected chi connectivity index (χ3v) is 10.5. The summed E-state index contributed by atoms with van der Waals surface area (Å²) in [5.41, 5.74) is 0.806. The van der Waals surface area contributed by atoms with Crippen molar-refractivity contribution in [2.45, 2.75) is 62.9 Å². The van der Waals surface area contributed by atoms with E-state index < -0.39 is 83.2 Å². The number of Topliss-reactive ketones (excluding diaryl/α,β-unsaturated/α-hetero) is 3. The zero-order valence-electron chi connectivity index (χ0n) is 29.3. The maximum absolute atomic E-state index is 14.4. The number of aliphatic carboxylic acids is 1. The molecule has 4 N–H and O–H groups in total. The van der Waals surface area contributed by atoms with Crippen LogP contribution in [0.25, 0.3) is 0 Å². The van der Waals surface area contributed by atoms with Crippen molar-refractivity contribution in [3.05, 3.63) is 62.9 Å². The minimum atomic E-state index is -4.10. The van der Waals surface area contributed by atoms with Crippen molar-refractivity contribution in [3.8, 4) is 18.1 Å². The summed E-state index contributed by atoms with van der Waals surface area (Å²) in [6, 6.07) is 5.91. The van der Waals surface area contributed by atoms with Gasteiger partial charge in [-0.05, 0) is 63.3 Å². The first-order valence-electron chi connectivity index (χ1n) is 16.4. The minimum absolute atomic E-state index is 0.00216. The van der Waals surface area contributed by atoms with E-state index in [1.165, 1.54) is 18.2 Å². The number of carboxylic acids is 1. The second-order valence-electron chi connectivity index (χ2n) is 12.4. The average molecular weight is 846 g/mol. The number of terminal acetylenes is 1. The number of rotatable bonds is 10. The van der Waals surface area contributed by atoms with Gasteiger partial charge in [-0.25, -0.2) is 17.7 Å². The second kappa shape index (κ2) is 19.1. The first-order valence-corrected chi connectivity index (χ1v) is 20.8. The lowest BCUT2D eigenvalue weighted by molar-refractivity contribution is -0.136. The van der Waals surface area contributed by atoms with Crippen molar-refractivity contribution in [3.63, 3.8) is 0 Å². The molecule has 55 heavy (non-hydrogen) atoms. The Kier molecular flexibility index (Phi) is 15.6. The van der Waals surface area contributed by atoms with Crippen molar-refractivity contribution >= 4 is 81.5 Å². The fraction of sp³-hybridized carbons (Fsp3) is 0.371. The Hall–Kier alpha value is -4.27. The largest absolute Gasteiger partial charge is 0.480 e. The van der Waals surface area contributed by atoms with E-state index in [4.69, 9.17) is 49.3 Å². The van der Waals surface area contributed by atoms with Crippen molar-refractivity contribution in [2.75, 3.05) is 24.0 Å². The monoisotopic (exact) mass is 844 g/mol. The Labute approximate surface area is 325 Å². The fourth-order valence-corrected chi connectivity index (χ4v) is 7.13. The van der Waals surface area contributed by atoms with Gasteiger partial charge in [-0.1, -0.05) is 29.1 Å². The van der Waals surface area contributed by atoms with Gasteiger partial charge in [0.25, 0.3) is 11.8 Å². The quantitative estimate of drug-likeness (QED) is 0.0859. The highest BCUT2D eigenvalue weighted by molar-refractivity contribution is 7.90. The molecule has 2 aliphatic carbocycles. The van der Waals surface area contributed by atoms with Gasteiger partial charge in [-0.3, -0.25) is 38.6 Å². The Morgan fingerprint density at radius 1 is 1.00 bits per heavy atom. The first kappa shape index (κ1) is 45.1. The number of carbonyl (C=O) groups is 6. The number of carboxylic acid groups (broad SMARTS) is 1. The number of imide groups is 1. The summed E-state index contributed by atoms with van der Waals surface area (Å²) >= 11 is 11.9. The third kappa shape index (κ3) is 12.1. The zero-order valence-corrected chi connectivity index (χ0v) is 32.6. The molecule has 0 bridgehead atoms. The molecule has 2 amide bonds. The predicted octanol–water partition coefficient (Wildman–Crippen LogP) is 4.28. The molecule has 0 spiro atoms. The molecule has 0 radical (unpaired) electrons. The van der Waals surface area contributed by atoms with Crippen LogP contribution in [-0.4, -0.2) is 83.6 Å². The van der Waals surface area contributed by atoms with Crippen LogP contribution in [0.4, 0.5) is 10.1 Å². The topological polar surface area (TPSA) is 239 Å². The Balaban J connectivity index is 0.000000240. The van der Waals surface area contributed by atoms with E-state index in [2.05, 4.69) is 11.2 Å². The molecule has 2 aromatic carbocycles. The van der Waals surface area contributed by atoms with Crippen molar-refractivity contribution in [2.24, 2.45) is 5.92 Å². The van der Waals surface area contributed by atoms with Crippen LogP contribution < -0.4 is 15.0 Å². The first-order chi connectivity index (χ1) is 25.6. The van der Waals surface area contributed by atoms with E-state index in [-0.39, 0.29) is 44.8 Å². The van der Waals surface area contributed by atoms with Crippen molar-refractivity contribution in [1.29, 1.82) is 0 Å². The summed E-state index contributed by atoms with van der Waals surface area (Å²) in [7, 11) is -7.54. The number of sulfone groups is 1. The highest BCUT2D eigenvalue weighted by Crippen LogP contribution is 2.40. The number of amides is 2. The Morgan fingerprint density at radius 2 is 1.56 bits per heavy atom. The van der Waals surface area contributed by atoms with Gasteiger partial charge >= 0.3 is 13.6 Å². The van der Waals surface area contributed by atoms with Gasteiger partial charge in [0.15, 0.2) is 33.3 Å². The average Bonchev–Trinajstić information content (AvgIpc) is 3.34. The molecule has 1 fully saturated rings. The molecule has 1 unspecified atom stereocenters. The molecule has 3 aliphatic rings. The number of hydrogen-bond donors (Lipinski definition) is 4. The number of ketones is 3. The van der Waals surface area contributed by atoms with E-state index >= 15 is 0 Å². The van der Waals surface area contributed by atoms with Crippen LogP contribution in [0.15, 0.2) is 46.4 Å². The van der Waals surface area contributed by atoms with Crippen molar-refractivity contribution in [1.82, 2.24) is 5.32 Å². The number of hydrogen-bond acceptors (Lipinski definition) is 11. The smallest absolute Gasteiger partial charge is 0.339 e. The Bertz CT molecular complexity index is 2100. The number of ether oxygens (including phenoxy) is 1. The van der Waals surface area contributed by atoms with Gasteiger partial charge < -0.3 is 19.6 Å². The molecular formula is C35H36Cl2FN2O13PS. The van der Waals surface area contributed by atoms with E-state index in [0.717, 1.165) is 36.1 Å². The van der Waals surface area contributed by atoms with Gasteiger partial charge in [-0.2, -0.15) is 0 Å². The fourth-order valence-electron chi connectivity index (χ4n) is 5.55. The predicted molar refractivity (Wildman–Crippen MR) is 197 cm³/mol. The van der Waals surface area contributed by atoms with Gasteiger partial charge in [-0.15, -0.1) is 6.42 Å². The van der Waals surface area contributed by atoms with Crippen LogP contribution in [0, 0.1) is 24.1 Å². The lowest BCUT2D eigenvalue weighted by Crippen LogP contribution is -2.35.